The SMILES string of the molecule is CC1=Nc2ccc(-c3c[nH]c4nc(NC5CCN(C)CC5)ncc34)cc2C1. The molecule has 3 aromatic rings. The van der Waals surface area contributed by atoms with Gasteiger partial charge in [0.05, 0.1) is 5.69 Å². The number of aromatic nitrogens is 3. The van der Waals surface area contributed by atoms with Crippen molar-refractivity contribution in [2.75, 3.05) is 25.5 Å². The summed E-state index contributed by atoms with van der Waals surface area (Å²) in [6.07, 6.45) is 7.16. The minimum atomic E-state index is 0.452. The molecule has 2 aromatic heterocycles. The molecule has 2 N–H and O–H groups in total. The Hall–Kier alpha value is -2.73. The Morgan fingerprint density at radius 3 is 2.93 bits per heavy atom. The number of rotatable bonds is 3. The van der Waals surface area contributed by atoms with Gasteiger partial charge in [-0.1, -0.05) is 6.07 Å². The van der Waals surface area contributed by atoms with Crippen molar-refractivity contribution < 1.29 is 0 Å². The summed E-state index contributed by atoms with van der Waals surface area (Å²) < 4.78 is 0. The zero-order chi connectivity index (χ0) is 18.4. The summed E-state index contributed by atoms with van der Waals surface area (Å²) >= 11 is 0. The van der Waals surface area contributed by atoms with Gasteiger partial charge in [0, 0.05) is 41.5 Å². The number of nitrogens with zero attached hydrogens (tertiary/aromatic N) is 4. The van der Waals surface area contributed by atoms with E-state index in [1.165, 1.54) is 16.8 Å². The van der Waals surface area contributed by atoms with Crippen LogP contribution in [0.2, 0.25) is 0 Å². The first-order valence-corrected chi connectivity index (χ1v) is 9.62. The number of hydrogen-bond acceptors (Lipinski definition) is 5. The zero-order valence-electron chi connectivity index (χ0n) is 15.8. The fourth-order valence-electron chi connectivity index (χ4n) is 4.08. The third-order valence-electron chi connectivity index (χ3n) is 5.63. The third kappa shape index (κ3) is 3.10. The van der Waals surface area contributed by atoms with Gasteiger partial charge in [0.2, 0.25) is 5.95 Å². The number of H-pyrrole nitrogens is 1. The van der Waals surface area contributed by atoms with Crippen molar-refractivity contribution in [3.63, 3.8) is 0 Å². The average Bonchev–Trinajstić information content (AvgIpc) is 3.25. The van der Waals surface area contributed by atoms with Gasteiger partial charge in [0.1, 0.15) is 5.65 Å². The van der Waals surface area contributed by atoms with Crippen LogP contribution in [0.5, 0.6) is 0 Å². The van der Waals surface area contributed by atoms with Gasteiger partial charge in [-0.05, 0) is 63.2 Å². The van der Waals surface area contributed by atoms with E-state index in [2.05, 4.69) is 57.3 Å². The van der Waals surface area contributed by atoms with Crippen molar-refractivity contribution >= 4 is 28.4 Å². The van der Waals surface area contributed by atoms with E-state index < -0.39 is 0 Å². The van der Waals surface area contributed by atoms with Crippen LogP contribution in [0.4, 0.5) is 11.6 Å². The number of aromatic amines is 1. The van der Waals surface area contributed by atoms with Gasteiger partial charge < -0.3 is 15.2 Å². The van der Waals surface area contributed by atoms with Gasteiger partial charge >= 0.3 is 0 Å². The average molecular weight is 360 g/mol. The Kier molecular flexibility index (Phi) is 3.93. The molecular formula is C21H24N6. The first-order chi connectivity index (χ1) is 13.2. The summed E-state index contributed by atoms with van der Waals surface area (Å²) in [7, 11) is 2.17. The number of fused-ring (bicyclic) bond motifs is 2. The normalized spacial score (nSPS) is 17.9. The Morgan fingerprint density at radius 1 is 1.22 bits per heavy atom. The maximum atomic E-state index is 4.71. The van der Waals surface area contributed by atoms with Crippen LogP contribution in [0.15, 0.2) is 35.6 Å². The molecule has 4 heterocycles. The Balaban J connectivity index is 1.40. The van der Waals surface area contributed by atoms with Gasteiger partial charge in [-0.15, -0.1) is 0 Å². The second-order valence-corrected chi connectivity index (χ2v) is 7.75. The molecule has 5 rings (SSSR count). The second-order valence-electron chi connectivity index (χ2n) is 7.75. The maximum Gasteiger partial charge on any atom is 0.224 e. The molecule has 6 heteroatoms. The predicted molar refractivity (Wildman–Crippen MR) is 110 cm³/mol. The fraction of sp³-hybridized carbons (Fsp3) is 0.381. The van der Waals surface area contributed by atoms with E-state index in [1.807, 2.05) is 12.4 Å². The van der Waals surface area contributed by atoms with Crippen molar-refractivity contribution in [3.05, 3.63) is 36.2 Å². The second kappa shape index (κ2) is 6.46. The minimum absolute atomic E-state index is 0.452. The first-order valence-electron chi connectivity index (χ1n) is 9.62. The van der Waals surface area contributed by atoms with Gasteiger partial charge in [-0.25, -0.2) is 4.98 Å². The van der Waals surface area contributed by atoms with E-state index in [4.69, 9.17) is 4.98 Å². The molecule has 6 nitrogen and oxygen atoms in total. The standard InChI is InChI=1S/C21H24N6/c1-13-9-15-10-14(3-4-19(15)24-13)17-11-22-20-18(17)12-23-21(26-20)25-16-5-7-27(2)8-6-16/h3-4,10-12,16H,5-9H2,1-2H3,(H2,22,23,25,26). The lowest BCUT2D eigenvalue weighted by Crippen LogP contribution is -2.37. The van der Waals surface area contributed by atoms with E-state index in [0.717, 1.165) is 54.6 Å². The smallest absolute Gasteiger partial charge is 0.224 e. The van der Waals surface area contributed by atoms with Crippen LogP contribution in [0.1, 0.15) is 25.3 Å². The number of likely N-dealkylation sites (tertiary alicyclic amines) is 1. The summed E-state index contributed by atoms with van der Waals surface area (Å²) in [5.41, 5.74) is 6.77. The number of anilines is 1. The molecule has 0 saturated carbocycles. The quantitative estimate of drug-likeness (QED) is 0.746. The molecule has 0 radical (unpaired) electrons. The van der Waals surface area contributed by atoms with Crippen LogP contribution in [-0.2, 0) is 6.42 Å². The number of aliphatic imine (C=N–C) groups is 1. The number of piperidine rings is 1. The van der Waals surface area contributed by atoms with E-state index >= 15 is 0 Å². The number of nitrogens with one attached hydrogen (secondary N) is 2. The lowest BCUT2D eigenvalue weighted by atomic mass is 10.0. The molecular weight excluding hydrogens is 336 g/mol. The highest BCUT2D eigenvalue weighted by atomic mass is 15.2. The molecule has 1 aromatic carbocycles. The lowest BCUT2D eigenvalue weighted by Gasteiger charge is -2.29. The topological polar surface area (TPSA) is 69.2 Å². The molecule has 1 fully saturated rings. The molecule has 2 aliphatic heterocycles. The molecule has 1 saturated heterocycles. The van der Waals surface area contributed by atoms with Crippen LogP contribution in [0.3, 0.4) is 0 Å². The van der Waals surface area contributed by atoms with Crippen LogP contribution < -0.4 is 5.32 Å². The summed E-state index contributed by atoms with van der Waals surface area (Å²) in [6.45, 7) is 4.32. The summed E-state index contributed by atoms with van der Waals surface area (Å²) in [5, 5.41) is 4.55. The van der Waals surface area contributed by atoms with Crippen molar-refractivity contribution in [2.45, 2.75) is 32.2 Å². The fourth-order valence-corrected chi connectivity index (χ4v) is 4.08. The molecule has 2 aliphatic rings. The van der Waals surface area contributed by atoms with E-state index in [9.17, 15) is 0 Å². The van der Waals surface area contributed by atoms with Crippen LogP contribution in [0.25, 0.3) is 22.2 Å². The molecule has 27 heavy (non-hydrogen) atoms. The Bertz CT molecular complexity index is 1030. The summed E-state index contributed by atoms with van der Waals surface area (Å²) in [4.78, 5) is 19.6. The summed E-state index contributed by atoms with van der Waals surface area (Å²) in [6, 6.07) is 6.93. The Labute approximate surface area is 158 Å². The number of benzene rings is 1. The van der Waals surface area contributed by atoms with Gasteiger partial charge in [0.25, 0.3) is 0 Å². The lowest BCUT2D eigenvalue weighted by molar-refractivity contribution is 0.263. The molecule has 0 amide bonds. The van der Waals surface area contributed by atoms with Crippen molar-refractivity contribution in [2.24, 2.45) is 4.99 Å². The van der Waals surface area contributed by atoms with Crippen LogP contribution in [0, 0.1) is 0 Å². The molecule has 0 atom stereocenters. The largest absolute Gasteiger partial charge is 0.351 e. The highest BCUT2D eigenvalue weighted by Crippen LogP contribution is 2.34. The predicted octanol–water partition coefficient (Wildman–Crippen LogP) is 3.78. The van der Waals surface area contributed by atoms with Crippen LogP contribution in [-0.4, -0.2) is 51.7 Å². The van der Waals surface area contributed by atoms with Crippen LogP contribution >= 0.6 is 0 Å². The zero-order valence-corrected chi connectivity index (χ0v) is 15.8. The van der Waals surface area contributed by atoms with E-state index in [0.29, 0.717) is 12.0 Å². The highest BCUT2D eigenvalue weighted by molar-refractivity contribution is 5.96. The minimum Gasteiger partial charge on any atom is -0.351 e. The van der Waals surface area contributed by atoms with E-state index in [1.54, 1.807) is 0 Å². The van der Waals surface area contributed by atoms with Crippen molar-refractivity contribution in [1.82, 2.24) is 19.9 Å². The first kappa shape index (κ1) is 16.4. The molecule has 138 valence electrons. The van der Waals surface area contributed by atoms with Gasteiger partial charge in [-0.3, -0.25) is 4.99 Å². The highest BCUT2D eigenvalue weighted by Gasteiger charge is 2.18. The molecule has 0 aliphatic carbocycles. The number of hydrogen-bond donors (Lipinski definition) is 2. The maximum absolute atomic E-state index is 4.71. The molecule has 0 spiro atoms. The van der Waals surface area contributed by atoms with E-state index in [-0.39, 0.29) is 0 Å². The summed E-state index contributed by atoms with van der Waals surface area (Å²) in [5.74, 6) is 0.712. The van der Waals surface area contributed by atoms with Gasteiger partial charge in [-0.2, -0.15) is 4.98 Å². The Morgan fingerprint density at radius 2 is 2.07 bits per heavy atom. The van der Waals surface area contributed by atoms with Crippen molar-refractivity contribution in [1.29, 1.82) is 0 Å². The molecule has 0 unspecified atom stereocenters. The third-order valence-corrected chi connectivity index (χ3v) is 5.63. The van der Waals surface area contributed by atoms with Crippen molar-refractivity contribution in [3.8, 4) is 11.1 Å². The molecule has 0 bridgehead atoms. The van der Waals surface area contributed by atoms with Gasteiger partial charge in [0.15, 0.2) is 0 Å². The monoisotopic (exact) mass is 360 g/mol.